The summed E-state index contributed by atoms with van der Waals surface area (Å²) in [5.41, 5.74) is 1.83. The van der Waals surface area contributed by atoms with Gasteiger partial charge >= 0.3 is 5.69 Å². The highest BCUT2D eigenvalue weighted by molar-refractivity contribution is 5.77. The van der Waals surface area contributed by atoms with Crippen molar-refractivity contribution in [2.24, 2.45) is 0 Å². The maximum atomic E-state index is 12.7. The summed E-state index contributed by atoms with van der Waals surface area (Å²) in [5, 5.41) is 15.3. The Bertz CT molecular complexity index is 766. The standard InChI is InChI=1S/C17H20N4O3/c1-12-17(21(23)24)13(2)20(18-12)11-16(22)19(15-8-9-15)10-14-6-4-3-5-7-14/h3-7,15H,8-11H2,1-2H3. The minimum atomic E-state index is -0.443. The van der Waals surface area contributed by atoms with Gasteiger partial charge in [-0.3, -0.25) is 19.6 Å². The number of benzene rings is 1. The second-order valence-corrected chi connectivity index (χ2v) is 6.17. The average Bonchev–Trinajstić information content (AvgIpc) is 3.33. The molecule has 1 aliphatic rings. The fourth-order valence-corrected chi connectivity index (χ4v) is 2.91. The van der Waals surface area contributed by atoms with Crippen LogP contribution in [0.15, 0.2) is 30.3 Å². The summed E-state index contributed by atoms with van der Waals surface area (Å²) in [5.74, 6) is -0.0538. The van der Waals surface area contributed by atoms with E-state index in [1.54, 1.807) is 13.8 Å². The fraction of sp³-hybridized carbons (Fsp3) is 0.412. The van der Waals surface area contributed by atoms with Crippen molar-refractivity contribution in [2.45, 2.75) is 45.8 Å². The minimum absolute atomic E-state index is 0.0103. The first kappa shape index (κ1) is 16.2. The molecule has 1 aliphatic carbocycles. The molecular formula is C17H20N4O3. The largest absolute Gasteiger partial charge is 0.334 e. The third-order valence-electron chi connectivity index (χ3n) is 4.31. The molecule has 1 aromatic heterocycles. The van der Waals surface area contributed by atoms with Crippen LogP contribution in [-0.2, 0) is 17.9 Å². The Morgan fingerprint density at radius 3 is 2.54 bits per heavy atom. The Labute approximate surface area is 140 Å². The van der Waals surface area contributed by atoms with Crippen molar-refractivity contribution >= 4 is 11.6 Å². The number of hydrogen-bond donors (Lipinski definition) is 0. The lowest BCUT2D eigenvalue weighted by atomic mass is 10.2. The number of aromatic nitrogens is 2. The van der Waals surface area contributed by atoms with Gasteiger partial charge in [0.15, 0.2) is 0 Å². The van der Waals surface area contributed by atoms with Crippen molar-refractivity contribution in [1.29, 1.82) is 0 Å². The highest BCUT2D eigenvalue weighted by Gasteiger charge is 2.33. The molecule has 1 saturated carbocycles. The Hall–Kier alpha value is -2.70. The molecule has 24 heavy (non-hydrogen) atoms. The average molecular weight is 328 g/mol. The van der Waals surface area contributed by atoms with Gasteiger partial charge in [0.2, 0.25) is 5.91 Å². The second kappa shape index (κ2) is 6.43. The number of nitrogens with zero attached hydrogens (tertiary/aromatic N) is 4. The number of carbonyl (C=O) groups is 1. The van der Waals surface area contributed by atoms with Gasteiger partial charge in [-0.1, -0.05) is 30.3 Å². The Morgan fingerprint density at radius 1 is 1.33 bits per heavy atom. The fourth-order valence-electron chi connectivity index (χ4n) is 2.91. The zero-order valence-electron chi connectivity index (χ0n) is 13.8. The van der Waals surface area contributed by atoms with E-state index in [1.165, 1.54) is 4.68 Å². The molecule has 0 bridgehead atoms. The van der Waals surface area contributed by atoms with E-state index in [2.05, 4.69) is 5.10 Å². The smallest absolute Gasteiger partial charge is 0.312 e. The normalized spacial score (nSPS) is 13.8. The van der Waals surface area contributed by atoms with Crippen LogP contribution < -0.4 is 0 Å². The minimum Gasteiger partial charge on any atom is -0.334 e. The SMILES string of the molecule is Cc1nn(CC(=O)N(Cc2ccccc2)C2CC2)c(C)c1[N+](=O)[O-]. The van der Waals surface area contributed by atoms with Crippen LogP contribution >= 0.6 is 0 Å². The Kier molecular flexibility index (Phi) is 4.33. The number of aryl methyl sites for hydroxylation is 1. The zero-order valence-corrected chi connectivity index (χ0v) is 13.8. The molecule has 2 aromatic rings. The lowest BCUT2D eigenvalue weighted by molar-refractivity contribution is -0.386. The predicted octanol–water partition coefficient (Wildman–Crippen LogP) is 2.60. The number of amides is 1. The Morgan fingerprint density at radius 2 is 2.00 bits per heavy atom. The van der Waals surface area contributed by atoms with Crippen molar-refractivity contribution in [1.82, 2.24) is 14.7 Å². The van der Waals surface area contributed by atoms with Crippen molar-refractivity contribution < 1.29 is 9.72 Å². The molecule has 3 rings (SSSR count). The van der Waals surface area contributed by atoms with Gasteiger partial charge in [0.1, 0.15) is 17.9 Å². The Balaban J connectivity index is 1.77. The predicted molar refractivity (Wildman–Crippen MR) is 88.4 cm³/mol. The van der Waals surface area contributed by atoms with Crippen LogP contribution in [0.1, 0.15) is 29.8 Å². The van der Waals surface area contributed by atoms with Crippen LogP contribution in [0, 0.1) is 24.0 Å². The summed E-state index contributed by atoms with van der Waals surface area (Å²) in [4.78, 5) is 25.2. The van der Waals surface area contributed by atoms with E-state index in [1.807, 2.05) is 35.2 Å². The van der Waals surface area contributed by atoms with Crippen LogP contribution in [0.25, 0.3) is 0 Å². The van der Waals surface area contributed by atoms with Crippen molar-refractivity contribution in [2.75, 3.05) is 0 Å². The van der Waals surface area contributed by atoms with E-state index < -0.39 is 4.92 Å². The summed E-state index contributed by atoms with van der Waals surface area (Å²) in [7, 11) is 0. The van der Waals surface area contributed by atoms with E-state index in [4.69, 9.17) is 0 Å². The monoisotopic (exact) mass is 328 g/mol. The van der Waals surface area contributed by atoms with E-state index >= 15 is 0 Å². The van der Waals surface area contributed by atoms with Gasteiger partial charge in [0, 0.05) is 12.6 Å². The molecule has 1 fully saturated rings. The van der Waals surface area contributed by atoms with Crippen molar-refractivity contribution in [3.05, 3.63) is 57.4 Å². The summed E-state index contributed by atoms with van der Waals surface area (Å²) >= 11 is 0. The lowest BCUT2D eigenvalue weighted by Gasteiger charge is -2.22. The maximum absolute atomic E-state index is 12.7. The van der Waals surface area contributed by atoms with Crippen LogP contribution in [0.4, 0.5) is 5.69 Å². The maximum Gasteiger partial charge on any atom is 0.312 e. The highest BCUT2D eigenvalue weighted by Crippen LogP contribution is 2.29. The third-order valence-corrected chi connectivity index (χ3v) is 4.31. The van der Waals surface area contributed by atoms with Gasteiger partial charge in [-0.05, 0) is 32.3 Å². The molecule has 7 nitrogen and oxygen atoms in total. The molecule has 0 atom stereocenters. The highest BCUT2D eigenvalue weighted by atomic mass is 16.6. The van der Waals surface area contributed by atoms with Gasteiger partial charge in [0.25, 0.3) is 0 Å². The van der Waals surface area contributed by atoms with Crippen molar-refractivity contribution in [3.8, 4) is 0 Å². The van der Waals surface area contributed by atoms with Crippen LogP contribution in [0.5, 0.6) is 0 Å². The van der Waals surface area contributed by atoms with Gasteiger partial charge in [-0.15, -0.1) is 0 Å². The lowest BCUT2D eigenvalue weighted by Crippen LogP contribution is -2.35. The van der Waals surface area contributed by atoms with E-state index in [0.29, 0.717) is 17.9 Å². The summed E-state index contributed by atoms with van der Waals surface area (Å²) in [6.07, 6.45) is 2.02. The van der Waals surface area contributed by atoms with Crippen molar-refractivity contribution in [3.63, 3.8) is 0 Å². The molecule has 126 valence electrons. The van der Waals surface area contributed by atoms with Crippen LogP contribution in [0.2, 0.25) is 0 Å². The molecule has 0 radical (unpaired) electrons. The van der Waals surface area contributed by atoms with E-state index in [0.717, 1.165) is 18.4 Å². The van der Waals surface area contributed by atoms with Gasteiger partial charge in [-0.2, -0.15) is 5.10 Å². The summed E-state index contributed by atoms with van der Waals surface area (Å²) < 4.78 is 1.44. The first-order valence-corrected chi connectivity index (χ1v) is 7.99. The second-order valence-electron chi connectivity index (χ2n) is 6.17. The molecule has 0 N–H and O–H groups in total. The van der Waals surface area contributed by atoms with Gasteiger partial charge in [-0.25, -0.2) is 0 Å². The molecule has 1 amide bonds. The zero-order chi connectivity index (χ0) is 17.3. The van der Waals surface area contributed by atoms with E-state index in [9.17, 15) is 14.9 Å². The topological polar surface area (TPSA) is 81.3 Å². The van der Waals surface area contributed by atoms with Crippen LogP contribution in [-0.4, -0.2) is 31.6 Å². The summed E-state index contributed by atoms with van der Waals surface area (Å²) in [6.45, 7) is 3.81. The molecule has 1 heterocycles. The van der Waals surface area contributed by atoms with Crippen LogP contribution in [0.3, 0.4) is 0 Å². The molecule has 0 unspecified atom stereocenters. The quantitative estimate of drug-likeness (QED) is 0.603. The number of nitro groups is 1. The third kappa shape index (κ3) is 3.29. The first-order chi connectivity index (χ1) is 11.5. The molecule has 7 heteroatoms. The van der Waals surface area contributed by atoms with Gasteiger partial charge in [0.05, 0.1) is 4.92 Å². The molecule has 1 aromatic carbocycles. The number of hydrogen-bond acceptors (Lipinski definition) is 4. The number of carbonyl (C=O) groups excluding carboxylic acids is 1. The first-order valence-electron chi connectivity index (χ1n) is 7.99. The molecule has 0 spiro atoms. The number of rotatable bonds is 6. The molecule has 0 saturated heterocycles. The molecule has 0 aliphatic heterocycles. The molecular weight excluding hydrogens is 308 g/mol. The van der Waals surface area contributed by atoms with Gasteiger partial charge < -0.3 is 4.90 Å². The van der Waals surface area contributed by atoms with E-state index in [-0.39, 0.29) is 24.2 Å². The summed E-state index contributed by atoms with van der Waals surface area (Å²) in [6, 6.07) is 10.1.